The second kappa shape index (κ2) is 9.05. The molecule has 2 aromatic heterocycles. The van der Waals surface area contributed by atoms with E-state index in [0.29, 0.717) is 35.1 Å². The molecule has 2 amide bonds. The molecule has 0 unspecified atom stereocenters. The number of hydrogen-bond acceptors (Lipinski definition) is 5. The van der Waals surface area contributed by atoms with E-state index in [1.54, 1.807) is 35.2 Å². The number of piperazine rings is 1. The van der Waals surface area contributed by atoms with Crippen LogP contribution in [0.4, 0.5) is 4.39 Å². The van der Waals surface area contributed by atoms with E-state index < -0.39 is 23.0 Å². The number of furan rings is 1. The fraction of sp³-hybridized carbons (Fsp3) is 0.200. The standard InChI is InChI=1S/C25H21FN4O5/c26-20-6-5-16(14-30-21-4-2-1-3-18(21)22(31)27-25(30)34)13-19(20)24(33)29-10-8-28(9-11-29)23(32)17-7-12-35-15-17/h1-7,12-13,15H,8-11,14H2,(H,27,31,34). The molecule has 1 aliphatic heterocycles. The summed E-state index contributed by atoms with van der Waals surface area (Å²) in [6, 6.07) is 12.4. The third-order valence-electron chi connectivity index (χ3n) is 6.13. The molecule has 0 spiro atoms. The molecule has 2 aromatic carbocycles. The normalized spacial score (nSPS) is 13.9. The van der Waals surface area contributed by atoms with Gasteiger partial charge in [-0.2, -0.15) is 0 Å². The lowest BCUT2D eigenvalue weighted by molar-refractivity contribution is 0.0532. The number of benzene rings is 2. The van der Waals surface area contributed by atoms with Gasteiger partial charge < -0.3 is 14.2 Å². The first kappa shape index (κ1) is 22.3. The molecular formula is C25H21FN4O5. The molecule has 10 heteroatoms. The Morgan fingerprint density at radius 3 is 2.37 bits per heavy atom. The molecule has 9 nitrogen and oxygen atoms in total. The Balaban J connectivity index is 1.36. The maximum atomic E-state index is 14.7. The van der Waals surface area contributed by atoms with E-state index in [1.807, 2.05) is 0 Å². The highest BCUT2D eigenvalue weighted by Gasteiger charge is 2.27. The van der Waals surface area contributed by atoms with Crippen molar-refractivity contribution in [1.82, 2.24) is 19.4 Å². The molecule has 4 aromatic rings. The minimum atomic E-state index is -0.672. The molecule has 0 aliphatic carbocycles. The van der Waals surface area contributed by atoms with Gasteiger partial charge in [0.2, 0.25) is 0 Å². The molecule has 1 fully saturated rings. The first-order valence-electron chi connectivity index (χ1n) is 11.0. The van der Waals surface area contributed by atoms with Crippen LogP contribution in [0, 0.1) is 5.82 Å². The maximum Gasteiger partial charge on any atom is 0.329 e. The minimum absolute atomic E-state index is 0.0453. The van der Waals surface area contributed by atoms with Crippen molar-refractivity contribution in [3.05, 3.63) is 104 Å². The largest absolute Gasteiger partial charge is 0.472 e. The van der Waals surface area contributed by atoms with E-state index >= 15 is 0 Å². The third kappa shape index (κ3) is 4.25. The van der Waals surface area contributed by atoms with Gasteiger partial charge >= 0.3 is 5.69 Å². The molecule has 1 saturated heterocycles. The van der Waals surface area contributed by atoms with Gasteiger partial charge in [-0.25, -0.2) is 9.18 Å². The number of aromatic amines is 1. The highest BCUT2D eigenvalue weighted by molar-refractivity contribution is 5.96. The lowest BCUT2D eigenvalue weighted by Gasteiger charge is -2.34. The van der Waals surface area contributed by atoms with Gasteiger partial charge in [-0.1, -0.05) is 18.2 Å². The van der Waals surface area contributed by atoms with E-state index in [1.165, 1.54) is 40.2 Å². The molecule has 0 radical (unpaired) electrons. The lowest BCUT2D eigenvalue weighted by atomic mass is 10.1. The first-order valence-corrected chi connectivity index (χ1v) is 11.0. The van der Waals surface area contributed by atoms with Crippen LogP contribution in [0.2, 0.25) is 0 Å². The van der Waals surface area contributed by atoms with Crippen molar-refractivity contribution in [3.63, 3.8) is 0 Å². The summed E-state index contributed by atoms with van der Waals surface area (Å²) in [6.45, 7) is 1.20. The Hall–Kier alpha value is -4.47. The van der Waals surface area contributed by atoms with Crippen molar-refractivity contribution in [2.45, 2.75) is 6.54 Å². The summed E-state index contributed by atoms with van der Waals surface area (Å²) in [6.07, 6.45) is 2.80. The summed E-state index contributed by atoms with van der Waals surface area (Å²) >= 11 is 0. The van der Waals surface area contributed by atoms with Gasteiger partial charge in [-0.3, -0.25) is 23.9 Å². The van der Waals surface area contributed by atoms with Crippen LogP contribution in [0.3, 0.4) is 0 Å². The Morgan fingerprint density at radius 2 is 1.66 bits per heavy atom. The second-order valence-electron chi connectivity index (χ2n) is 8.27. The molecular weight excluding hydrogens is 455 g/mol. The monoisotopic (exact) mass is 476 g/mol. The second-order valence-corrected chi connectivity index (χ2v) is 8.27. The smallest absolute Gasteiger partial charge is 0.329 e. The quantitative estimate of drug-likeness (QED) is 0.485. The van der Waals surface area contributed by atoms with Crippen LogP contribution in [0.15, 0.2) is 75.1 Å². The molecule has 0 bridgehead atoms. The van der Waals surface area contributed by atoms with E-state index in [2.05, 4.69) is 4.98 Å². The van der Waals surface area contributed by atoms with Crippen LogP contribution in [0.5, 0.6) is 0 Å². The summed E-state index contributed by atoms with van der Waals surface area (Å²) in [5.41, 5.74) is 0.221. The van der Waals surface area contributed by atoms with Gasteiger partial charge in [0.15, 0.2) is 0 Å². The number of H-pyrrole nitrogens is 1. The Kier molecular flexibility index (Phi) is 5.77. The zero-order valence-electron chi connectivity index (χ0n) is 18.6. The minimum Gasteiger partial charge on any atom is -0.472 e. The summed E-state index contributed by atoms with van der Waals surface area (Å²) in [4.78, 5) is 55.6. The SMILES string of the molecule is O=C(c1ccoc1)N1CCN(C(=O)c2cc(Cn3c(=O)[nH]c(=O)c4ccccc43)ccc2F)CC1. The third-order valence-corrected chi connectivity index (χ3v) is 6.13. The first-order chi connectivity index (χ1) is 16.9. The van der Waals surface area contributed by atoms with Crippen molar-refractivity contribution in [2.24, 2.45) is 0 Å². The van der Waals surface area contributed by atoms with E-state index in [9.17, 15) is 23.6 Å². The van der Waals surface area contributed by atoms with Crippen molar-refractivity contribution >= 4 is 22.7 Å². The number of halogens is 1. The number of rotatable bonds is 4. The average molecular weight is 476 g/mol. The maximum absolute atomic E-state index is 14.7. The van der Waals surface area contributed by atoms with E-state index in [4.69, 9.17) is 4.42 Å². The molecule has 1 N–H and O–H groups in total. The fourth-order valence-electron chi connectivity index (χ4n) is 4.27. The number of hydrogen-bond donors (Lipinski definition) is 1. The van der Waals surface area contributed by atoms with Crippen molar-refractivity contribution < 1.29 is 18.4 Å². The highest BCUT2D eigenvalue weighted by Crippen LogP contribution is 2.18. The Labute approximate surface area is 198 Å². The summed E-state index contributed by atoms with van der Waals surface area (Å²) in [5, 5.41) is 0.355. The zero-order chi connectivity index (χ0) is 24.5. The number of nitrogens with one attached hydrogen (secondary N) is 1. The molecule has 35 heavy (non-hydrogen) atoms. The Morgan fingerprint density at radius 1 is 0.943 bits per heavy atom. The predicted octanol–water partition coefficient (Wildman–Crippen LogP) is 2.07. The van der Waals surface area contributed by atoms with Crippen LogP contribution < -0.4 is 11.2 Å². The molecule has 1 aliphatic rings. The number of carbonyl (C=O) groups excluding carboxylic acids is 2. The summed E-state index contributed by atoms with van der Waals surface area (Å²) < 4.78 is 21.0. The van der Waals surface area contributed by atoms with Crippen molar-refractivity contribution in [3.8, 4) is 0 Å². The molecule has 0 saturated carbocycles. The van der Waals surface area contributed by atoms with Crippen LogP contribution in [-0.2, 0) is 6.54 Å². The van der Waals surface area contributed by atoms with E-state index in [-0.39, 0.29) is 31.1 Å². The van der Waals surface area contributed by atoms with Gasteiger partial charge in [-0.05, 0) is 35.9 Å². The number of fused-ring (bicyclic) bond motifs is 1. The van der Waals surface area contributed by atoms with Crippen LogP contribution in [0.1, 0.15) is 26.3 Å². The van der Waals surface area contributed by atoms with Crippen LogP contribution >= 0.6 is 0 Å². The molecule has 5 rings (SSSR count). The number of carbonyl (C=O) groups is 2. The summed E-state index contributed by atoms with van der Waals surface area (Å²) in [5.74, 6) is -1.34. The van der Waals surface area contributed by atoms with Crippen molar-refractivity contribution in [1.29, 1.82) is 0 Å². The Bertz CT molecular complexity index is 1530. The average Bonchev–Trinajstić information content (AvgIpc) is 3.42. The molecule has 3 heterocycles. The van der Waals surface area contributed by atoms with Gasteiger partial charge in [0.1, 0.15) is 12.1 Å². The number of aromatic nitrogens is 2. The van der Waals surface area contributed by atoms with Gasteiger partial charge in [-0.15, -0.1) is 0 Å². The van der Waals surface area contributed by atoms with Gasteiger partial charge in [0.05, 0.1) is 34.8 Å². The number of para-hydroxylation sites is 1. The van der Waals surface area contributed by atoms with Crippen LogP contribution in [-0.4, -0.2) is 57.3 Å². The zero-order valence-corrected chi connectivity index (χ0v) is 18.6. The molecule has 178 valence electrons. The highest BCUT2D eigenvalue weighted by atomic mass is 19.1. The van der Waals surface area contributed by atoms with Crippen LogP contribution in [0.25, 0.3) is 10.9 Å². The molecule has 0 atom stereocenters. The lowest BCUT2D eigenvalue weighted by Crippen LogP contribution is -2.50. The van der Waals surface area contributed by atoms with Gasteiger partial charge in [0.25, 0.3) is 17.4 Å². The topological polar surface area (TPSA) is 109 Å². The number of nitrogens with zero attached hydrogens (tertiary/aromatic N) is 3. The fourth-order valence-corrected chi connectivity index (χ4v) is 4.27. The summed E-state index contributed by atoms with van der Waals surface area (Å²) in [7, 11) is 0. The van der Waals surface area contributed by atoms with Crippen molar-refractivity contribution in [2.75, 3.05) is 26.2 Å². The van der Waals surface area contributed by atoms with E-state index in [0.717, 1.165) is 0 Å². The van der Waals surface area contributed by atoms with Gasteiger partial charge in [0, 0.05) is 26.2 Å². The predicted molar refractivity (Wildman–Crippen MR) is 125 cm³/mol. The number of amides is 2.